The number of benzene rings is 2. The highest BCUT2D eigenvalue weighted by molar-refractivity contribution is 5.90. The van der Waals surface area contributed by atoms with Gasteiger partial charge in [-0.2, -0.15) is 5.26 Å². The molecule has 0 saturated carbocycles. The predicted octanol–water partition coefficient (Wildman–Crippen LogP) is 2.83. The Balaban J connectivity index is 1.69. The highest BCUT2D eigenvalue weighted by Gasteiger charge is 2.29. The van der Waals surface area contributed by atoms with Crippen LogP contribution in [0.3, 0.4) is 0 Å². The molecule has 7 heteroatoms. The first-order valence-corrected chi connectivity index (χ1v) is 9.48. The highest BCUT2D eigenvalue weighted by atomic mass is 16.7. The van der Waals surface area contributed by atoms with Crippen LogP contribution in [0.2, 0.25) is 0 Å². The molecule has 0 aliphatic carbocycles. The number of nitriles is 1. The third-order valence-electron chi connectivity index (χ3n) is 5.60. The van der Waals surface area contributed by atoms with Crippen LogP contribution in [-0.4, -0.2) is 19.9 Å². The number of methoxy groups -OCH3 is 1. The van der Waals surface area contributed by atoms with Crippen LogP contribution >= 0.6 is 0 Å². The lowest BCUT2D eigenvalue weighted by Gasteiger charge is -2.21. The average molecular weight is 400 g/mol. The van der Waals surface area contributed by atoms with Gasteiger partial charge in [-0.05, 0) is 41.5 Å². The topological polar surface area (TPSA) is 98.5 Å². The molecule has 2 N–H and O–H groups in total. The van der Waals surface area contributed by atoms with Gasteiger partial charge in [0, 0.05) is 17.5 Å². The summed E-state index contributed by atoms with van der Waals surface area (Å²) in [5.41, 5.74) is 11.9. The lowest BCUT2D eigenvalue weighted by atomic mass is 9.92. The molecule has 0 saturated heterocycles. The summed E-state index contributed by atoms with van der Waals surface area (Å²) in [7, 11) is 1.34. The van der Waals surface area contributed by atoms with E-state index < -0.39 is 5.97 Å². The summed E-state index contributed by atoms with van der Waals surface area (Å²) in [5, 5.41) is 9.81. The van der Waals surface area contributed by atoms with Crippen molar-refractivity contribution in [2.45, 2.75) is 13.0 Å². The SMILES string of the molecule is COC(=O)c1ccc(-c2cc3[n+](c(N)c2C#N)CCc2cc4c(cc2-3)OCO4)cc1. The van der Waals surface area contributed by atoms with Gasteiger partial charge in [0.2, 0.25) is 6.79 Å². The molecule has 5 rings (SSSR count). The van der Waals surface area contributed by atoms with Crippen molar-refractivity contribution >= 4 is 11.8 Å². The van der Waals surface area contributed by atoms with Gasteiger partial charge in [0.25, 0.3) is 5.82 Å². The Kier molecular flexibility index (Phi) is 4.07. The molecular weight excluding hydrogens is 382 g/mol. The molecule has 30 heavy (non-hydrogen) atoms. The molecule has 0 amide bonds. The molecule has 148 valence electrons. The number of nitrogens with two attached hydrogens (primary N) is 1. The molecule has 3 aromatic rings. The maximum Gasteiger partial charge on any atom is 0.337 e. The van der Waals surface area contributed by atoms with E-state index in [0.29, 0.717) is 34.8 Å². The molecule has 0 spiro atoms. The normalized spacial score (nSPS) is 13.2. The van der Waals surface area contributed by atoms with Crippen molar-refractivity contribution < 1.29 is 23.6 Å². The standard InChI is InChI=1S/C23H17N3O4/c1-28-23(27)14-4-2-13(3-5-14)16-9-19-17-10-21-20(29-12-30-21)8-15(17)6-7-26(19)22(25)18(16)11-24/h2-5,8-10,25H,6-7,12H2,1H3/p+1. The summed E-state index contributed by atoms with van der Waals surface area (Å²) in [5.74, 6) is 1.47. The monoisotopic (exact) mass is 400 g/mol. The van der Waals surface area contributed by atoms with Gasteiger partial charge in [-0.15, -0.1) is 0 Å². The van der Waals surface area contributed by atoms with E-state index in [2.05, 4.69) is 6.07 Å². The molecule has 0 radical (unpaired) electrons. The minimum Gasteiger partial charge on any atom is -0.465 e. The zero-order valence-corrected chi connectivity index (χ0v) is 16.3. The molecule has 2 aromatic carbocycles. The number of nitrogen functional groups attached to an aromatic ring is 1. The summed E-state index contributed by atoms with van der Waals surface area (Å²) in [6.07, 6.45) is 0.784. The zero-order chi connectivity index (χ0) is 20.8. The van der Waals surface area contributed by atoms with Gasteiger partial charge in [-0.1, -0.05) is 12.1 Å². The van der Waals surface area contributed by atoms with E-state index in [1.807, 2.05) is 22.8 Å². The second kappa shape index (κ2) is 6.78. The number of pyridine rings is 1. The van der Waals surface area contributed by atoms with E-state index in [1.54, 1.807) is 24.3 Å². The number of ether oxygens (including phenoxy) is 3. The van der Waals surface area contributed by atoms with E-state index in [1.165, 1.54) is 7.11 Å². The fourth-order valence-electron chi connectivity index (χ4n) is 4.06. The van der Waals surface area contributed by atoms with Crippen LogP contribution in [0.25, 0.3) is 22.4 Å². The lowest BCUT2D eigenvalue weighted by molar-refractivity contribution is -0.673. The summed E-state index contributed by atoms with van der Waals surface area (Å²) < 4.78 is 17.8. The van der Waals surface area contributed by atoms with Crippen molar-refractivity contribution in [3.63, 3.8) is 0 Å². The number of aromatic nitrogens is 1. The fraction of sp³-hybridized carbons (Fsp3) is 0.174. The smallest absolute Gasteiger partial charge is 0.337 e. The van der Waals surface area contributed by atoms with E-state index >= 15 is 0 Å². The molecule has 2 aliphatic rings. The van der Waals surface area contributed by atoms with Crippen molar-refractivity contribution in [1.82, 2.24) is 0 Å². The molecule has 3 heterocycles. The van der Waals surface area contributed by atoms with Crippen molar-refractivity contribution in [3.8, 4) is 40.0 Å². The molecule has 2 aliphatic heterocycles. The summed E-state index contributed by atoms with van der Waals surface area (Å²) in [6.45, 7) is 0.885. The number of aryl methyl sites for hydroxylation is 1. The maximum absolute atomic E-state index is 11.7. The number of anilines is 1. The number of hydrogen-bond donors (Lipinski definition) is 1. The third-order valence-corrected chi connectivity index (χ3v) is 5.60. The van der Waals surface area contributed by atoms with Crippen LogP contribution < -0.4 is 19.8 Å². The van der Waals surface area contributed by atoms with Crippen LogP contribution in [0, 0.1) is 11.3 Å². The van der Waals surface area contributed by atoms with Crippen LogP contribution in [0.4, 0.5) is 5.82 Å². The van der Waals surface area contributed by atoms with Crippen LogP contribution in [0.1, 0.15) is 21.5 Å². The van der Waals surface area contributed by atoms with Crippen LogP contribution in [0.5, 0.6) is 11.5 Å². The first-order chi connectivity index (χ1) is 14.6. The Labute approximate surface area is 172 Å². The summed E-state index contributed by atoms with van der Waals surface area (Å²) >= 11 is 0. The third kappa shape index (κ3) is 2.65. The Bertz CT molecular complexity index is 1240. The molecule has 0 unspecified atom stereocenters. The summed E-state index contributed by atoms with van der Waals surface area (Å²) in [4.78, 5) is 11.7. The highest BCUT2D eigenvalue weighted by Crippen LogP contribution is 2.41. The van der Waals surface area contributed by atoms with Gasteiger partial charge in [0.05, 0.1) is 19.2 Å². The number of carbonyl (C=O) groups is 1. The van der Waals surface area contributed by atoms with Crippen molar-refractivity contribution in [2.75, 3.05) is 19.6 Å². The van der Waals surface area contributed by atoms with E-state index in [4.69, 9.17) is 19.9 Å². The number of fused-ring (bicyclic) bond motifs is 4. The maximum atomic E-state index is 11.7. The first kappa shape index (κ1) is 18.0. The van der Waals surface area contributed by atoms with E-state index in [-0.39, 0.29) is 6.79 Å². The Morgan fingerprint density at radius 2 is 1.87 bits per heavy atom. The number of hydrogen-bond acceptors (Lipinski definition) is 6. The number of esters is 1. The largest absolute Gasteiger partial charge is 0.465 e. The number of rotatable bonds is 2. The first-order valence-electron chi connectivity index (χ1n) is 9.48. The number of nitrogens with zero attached hydrogens (tertiary/aromatic N) is 2. The second-order valence-corrected chi connectivity index (χ2v) is 7.15. The van der Waals surface area contributed by atoms with Gasteiger partial charge in [0.1, 0.15) is 17.3 Å². The molecule has 7 nitrogen and oxygen atoms in total. The molecule has 0 atom stereocenters. The Morgan fingerprint density at radius 1 is 1.13 bits per heavy atom. The number of carbonyl (C=O) groups excluding carboxylic acids is 1. The Morgan fingerprint density at radius 3 is 2.57 bits per heavy atom. The van der Waals surface area contributed by atoms with Crippen LogP contribution in [0.15, 0.2) is 42.5 Å². The minimum atomic E-state index is -0.410. The average Bonchev–Trinajstić information content (AvgIpc) is 3.24. The fourth-order valence-corrected chi connectivity index (χ4v) is 4.06. The van der Waals surface area contributed by atoms with Gasteiger partial charge in [-0.3, -0.25) is 5.73 Å². The zero-order valence-electron chi connectivity index (χ0n) is 16.3. The molecule has 0 fully saturated rings. The van der Waals surface area contributed by atoms with Gasteiger partial charge >= 0.3 is 5.97 Å². The Hall–Kier alpha value is -4.05. The lowest BCUT2D eigenvalue weighted by Crippen LogP contribution is -2.43. The van der Waals surface area contributed by atoms with Gasteiger partial charge in [0.15, 0.2) is 11.5 Å². The van der Waals surface area contributed by atoms with Gasteiger partial charge in [-0.25, -0.2) is 9.36 Å². The van der Waals surface area contributed by atoms with Crippen molar-refractivity contribution in [1.29, 1.82) is 5.26 Å². The molecule has 0 bridgehead atoms. The van der Waals surface area contributed by atoms with Gasteiger partial charge < -0.3 is 14.2 Å². The van der Waals surface area contributed by atoms with Crippen molar-refractivity contribution in [3.05, 3.63) is 59.2 Å². The van der Waals surface area contributed by atoms with Crippen LogP contribution in [-0.2, 0) is 17.7 Å². The molecule has 1 aromatic heterocycles. The quantitative estimate of drug-likeness (QED) is 0.525. The second-order valence-electron chi connectivity index (χ2n) is 7.15. The predicted molar refractivity (Wildman–Crippen MR) is 108 cm³/mol. The van der Waals surface area contributed by atoms with Crippen molar-refractivity contribution in [2.24, 2.45) is 0 Å². The van der Waals surface area contributed by atoms with E-state index in [9.17, 15) is 10.1 Å². The summed E-state index contributed by atoms with van der Waals surface area (Å²) in [6, 6.07) is 15.1. The van der Waals surface area contributed by atoms with E-state index in [0.717, 1.165) is 34.6 Å². The minimum absolute atomic E-state index is 0.214. The molecular formula is C23H18N3O4+.